The van der Waals surface area contributed by atoms with Crippen molar-refractivity contribution < 1.29 is 4.79 Å². The number of hydrogen-bond acceptors (Lipinski definition) is 4. The minimum Gasteiger partial charge on any atom is -0.389 e. The van der Waals surface area contributed by atoms with Crippen molar-refractivity contribution in [1.82, 2.24) is 8.94 Å². The van der Waals surface area contributed by atoms with E-state index in [4.69, 9.17) is 22.1 Å². The first-order valence-corrected chi connectivity index (χ1v) is 10.1. The van der Waals surface area contributed by atoms with Gasteiger partial charge in [0.05, 0.1) is 5.69 Å². The molecule has 2 aromatic heterocycles. The third kappa shape index (κ3) is 6.89. The molecule has 0 saturated carbocycles. The molecule has 0 unspecified atom stereocenters. The maximum absolute atomic E-state index is 9.06. The summed E-state index contributed by atoms with van der Waals surface area (Å²) in [6.45, 7) is 8.07. The van der Waals surface area contributed by atoms with Gasteiger partial charge in [0, 0.05) is 28.7 Å². The fourth-order valence-corrected chi connectivity index (χ4v) is 3.38. The van der Waals surface area contributed by atoms with Crippen LogP contribution in [0.25, 0.3) is 10.9 Å². The van der Waals surface area contributed by atoms with Gasteiger partial charge >= 0.3 is 0 Å². The SMILES string of the molecule is C=CC=O.Cc1cc(N)sn1.Cc1cn(Cc2ccc(Cl)cc2)c2ccccc12. The average molecular weight is 426 g/mol. The van der Waals surface area contributed by atoms with Gasteiger partial charge in [-0.25, -0.2) is 0 Å². The van der Waals surface area contributed by atoms with Gasteiger partial charge < -0.3 is 10.3 Å². The van der Waals surface area contributed by atoms with Crippen molar-refractivity contribution >= 4 is 45.3 Å². The number of para-hydroxylation sites is 1. The lowest BCUT2D eigenvalue weighted by molar-refractivity contribution is -0.104. The minimum atomic E-state index is 0.639. The lowest BCUT2D eigenvalue weighted by Crippen LogP contribution is -1.97. The number of rotatable bonds is 3. The van der Waals surface area contributed by atoms with Gasteiger partial charge in [0.25, 0.3) is 0 Å². The first-order valence-electron chi connectivity index (χ1n) is 8.98. The molecule has 0 saturated heterocycles. The van der Waals surface area contributed by atoms with Crippen LogP contribution in [0.3, 0.4) is 0 Å². The highest BCUT2D eigenvalue weighted by atomic mass is 35.5. The van der Waals surface area contributed by atoms with Gasteiger partial charge in [-0.15, -0.1) is 0 Å². The molecule has 29 heavy (non-hydrogen) atoms. The fourth-order valence-electron chi connectivity index (χ4n) is 2.73. The second-order valence-corrected chi connectivity index (χ2v) is 7.60. The van der Waals surface area contributed by atoms with Crippen LogP contribution < -0.4 is 5.73 Å². The minimum absolute atomic E-state index is 0.639. The molecule has 0 spiro atoms. The van der Waals surface area contributed by atoms with Crippen LogP contribution in [0, 0.1) is 13.8 Å². The summed E-state index contributed by atoms with van der Waals surface area (Å²) < 4.78 is 6.22. The van der Waals surface area contributed by atoms with E-state index in [0.29, 0.717) is 6.29 Å². The smallest absolute Gasteiger partial charge is 0.142 e. The highest BCUT2D eigenvalue weighted by molar-refractivity contribution is 7.09. The molecule has 2 heterocycles. The number of aldehydes is 1. The van der Waals surface area contributed by atoms with E-state index in [1.165, 1.54) is 39.6 Å². The number of nitrogen functional groups attached to an aromatic ring is 1. The summed E-state index contributed by atoms with van der Waals surface area (Å²) in [7, 11) is 0. The Labute approximate surface area is 180 Å². The molecule has 4 rings (SSSR count). The summed E-state index contributed by atoms with van der Waals surface area (Å²) in [6, 6.07) is 18.4. The van der Waals surface area contributed by atoms with E-state index in [1.54, 1.807) is 0 Å². The molecule has 4 aromatic rings. The maximum Gasteiger partial charge on any atom is 0.142 e. The Morgan fingerprint density at radius 3 is 2.34 bits per heavy atom. The monoisotopic (exact) mass is 425 g/mol. The molecule has 0 radical (unpaired) electrons. The van der Waals surface area contributed by atoms with Crippen molar-refractivity contribution in [3.8, 4) is 0 Å². The van der Waals surface area contributed by atoms with E-state index >= 15 is 0 Å². The number of halogens is 1. The van der Waals surface area contributed by atoms with Gasteiger partial charge in [-0.05, 0) is 66.8 Å². The van der Waals surface area contributed by atoms with Crippen LogP contribution in [0.4, 0.5) is 5.00 Å². The first kappa shape index (κ1) is 22.4. The van der Waals surface area contributed by atoms with Crippen LogP contribution in [0.5, 0.6) is 0 Å². The summed E-state index contributed by atoms with van der Waals surface area (Å²) >= 11 is 7.24. The number of fused-ring (bicyclic) bond motifs is 1. The van der Waals surface area contributed by atoms with E-state index < -0.39 is 0 Å². The number of aryl methyl sites for hydroxylation is 2. The number of hydrogen-bond donors (Lipinski definition) is 1. The van der Waals surface area contributed by atoms with Gasteiger partial charge in [0.2, 0.25) is 0 Å². The van der Waals surface area contributed by atoms with Gasteiger partial charge in [-0.2, -0.15) is 4.37 Å². The van der Waals surface area contributed by atoms with Crippen LogP contribution >= 0.6 is 23.1 Å². The predicted octanol–water partition coefficient (Wildman–Crippen LogP) is 6.06. The van der Waals surface area contributed by atoms with Crippen molar-refractivity contribution in [3.63, 3.8) is 0 Å². The topological polar surface area (TPSA) is 60.9 Å². The third-order valence-electron chi connectivity index (χ3n) is 4.00. The molecular formula is C23H24ClN3OS. The summed E-state index contributed by atoms with van der Waals surface area (Å²) in [5.74, 6) is 0. The largest absolute Gasteiger partial charge is 0.389 e. The Balaban J connectivity index is 0.000000226. The quantitative estimate of drug-likeness (QED) is 0.320. The van der Waals surface area contributed by atoms with Crippen LogP contribution in [0.1, 0.15) is 16.8 Å². The molecule has 150 valence electrons. The van der Waals surface area contributed by atoms with Gasteiger partial charge in [0.15, 0.2) is 0 Å². The van der Waals surface area contributed by atoms with E-state index in [2.05, 4.69) is 65.0 Å². The van der Waals surface area contributed by atoms with Crippen molar-refractivity contribution in [2.45, 2.75) is 20.4 Å². The number of nitrogens with zero attached hydrogens (tertiary/aromatic N) is 2. The predicted molar refractivity (Wildman–Crippen MR) is 125 cm³/mol. The summed E-state index contributed by atoms with van der Waals surface area (Å²) in [6.07, 6.45) is 4.04. The van der Waals surface area contributed by atoms with Crippen molar-refractivity contribution in [2.24, 2.45) is 0 Å². The normalized spacial score (nSPS) is 9.76. The van der Waals surface area contributed by atoms with E-state index in [9.17, 15) is 0 Å². The van der Waals surface area contributed by atoms with E-state index in [0.717, 1.165) is 22.3 Å². The van der Waals surface area contributed by atoms with Crippen LogP contribution in [-0.2, 0) is 11.3 Å². The fraction of sp³-hybridized carbons (Fsp3) is 0.130. The highest BCUT2D eigenvalue weighted by Crippen LogP contribution is 2.21. The van der Waals surface area contributed by atoms with E-state index in [1.807, 2.05) is 25.1 Å². The highest BCUT2D eigenvalue weighted by Gasteiger charge is 2.04. The molecule has 0 aliphatic heterocycles. The second-order valence-electron chi connectivity index (χ2n) is 6.33. The summed E-state index contributed by atoms with van der Waals surface area (Å²) in [5.41, 5.74) is 10.2. The van der Waals surface area contributed by atoms with Crippen LogP contribution in [-0.4, -0.2) is 15.2 Å². The van der Waals surface area contributed by atoms with Gasteiger partial charge in [0.1, 0.15) is 11.3 Å². The number of aromatic nitrogens is 2. The van der Waals surface area contributed by atoms with Crippen molar-refractivity contribution in [2.75, 3.05) is 5.73 Å². The molecule has 0 atom stereocenters. The zero-order valence-corrected chi connectivity index (χ0v) is 18.1. The molecule has 0 amide bonds. The molecule has 2 N–H and O–H groups in total. The van der Waals surface area contributed by atoms with Gasteiger partial charge in [-0.1, -0.05) is 48.5 Å². The Kier molecular flexibility index (Phi) is 8.65. The van der Waals surface area contributed by atoms with Crippen LogP contribution in [0.2, 0.25) is 5.02 Å². The van der Waals surface area contributed by atoms with Gasteiger partial charge in [-0.3, -0.25) is 4.79 Å². The Hall–Kier alpha value is -2.89. The number of benzene rings is 2. The number of carbonyl (C=O) groups excluding carboxylic acids is 1. The maximum atomic E-state index is 9.06. The number of nitrogens with two attached hydrogens (primary N) is 1. The lowest BCUT2D eigenvalue weighted by Gasteiger charge is -2.05. The number of allylic oxidation sites excluding steroid dienone is 1. The Morgan fingerprint density at radius 1 is 1.17 bits per heavy atom. The molecule has 0 bridgehead atoms. The van der Waals surface area contributed by atoms with Crippen molar-refractivity contribution in [1.29, 1.82) is 0 Å². The third-order valence-corrected chi connectivity index (χ3v) is 4.96. The van der Waals surface area contributed by atoms with Crippen LogP contribution in [0.15, 0.2) is 73.4 Å². The molecule has 0 aliphatic carbocycles. The zero-order chi connectivity index (χ0) is 21.2. The lowest BCUT2D eigenvalue weighted by atomic mass is 10.2. The molecule has 6 heteroatoms. The summed E-state index contributed by atoms with van der Waals surface area (Å²) in [4.78, 5) is 9.06. The number of carbonyl (C=O) groups is 1. The zero-order valence-electron chi connectivity index (χ0n) is 16.5. The Morgan fingerprint density at radius 2 is 1.83 bits per heavy atom. The number of anilines is 1. The second kappa shape index (κ2) is 11.2. The first-order chi connectivity index (χ1) is 13.9. The molecule has 0 fully saturated rings. The molecule has 0 aliphatic rings. The Bertz CT molecular complexity index is 1040. The van der Waals surface area contributed by atoms with Crippen molar-refractivity contribution in [3.05, 3.63) is 95.3 Å². The standard InChI is InChI=1S/C16H14ClN.C4H6N2S.C3H4O/c1-12-10-18(16-5-3-2-4-15(12)16)11-13-6-8-14(17)9-7-13;1-3-2-4(5)7-6-3;1-2-3-4/h2-10H,11H2,1H3;2H,5H2,1H3;2-3H,1H2. The summed E-state index contributed by atoms with van der Waals surface area (Å²) in [5, 5.41) is 2.90. The average Bonchev–Trinajstić information content (AvgIpc) is 3.26. The van der Waals surface area contributed by atoms with E-state index in [-0.39, 0.29) is 0 Å². The molecule has 4 nitrogen and oxygen atoms in total. The molecule has 2 aromatic carbocycles. The molecular weight excluding hydrogens is 402 g/mol.